The maximum absolute atomic E-state index is 11.6. The third-order valence-electron chi connectivity index (χ3n) is 2.88. The van der Waals surface area contributed by atoms with Gasteiger partial charge in [0.2, 0.25) is 5.91 Å². The minimum Gasteiger partial charge on any atom is -0.379 e. The quantitative estimate of drug-likeness (QED) is 0.727. The van der Waals surface area contributed by atoms with Crippen molar-refractivity contribution >= 4 is 5.91 Å². The normalized spacial score (nSPS) is 15.7. The standard InChI is InChI=1S/C14H22N2O3/c1-3-18-9-11(2)19-10-14(16,13(15)17)12-7-5-4-6-8-12/h4-8,11H,3,9-10,16H2,1-2H3,(H2,15,17). The van der Waals surface area contributed by atoms with Gasteiger partial charge in [-0.25, -0.2) is 0 Å². The van der Waals surface area contributed by atoms with Gasteiger partial charge in [-0.15, -0.1) is 0 Å². The van der Waals surface area contributed by atoms with Gasteiger partial charge in [0.1, 0.15) is 5.54 Å². The van der Waals surface area contributed by atoms with Gasteiger partial charge in [0.15, 0.2) is 0 Å². The molecule has 0 aliphatic carbocycles. The molecule has 2 unspecified atom stereocenters. The van der Waals surface area contributed by atoms with E-state index in [4.69, 9.17) is 20.9 Å². The van der Waals surface area contributed by atoms with Crippen molar-refractivity contribution in [3.63, 3.8) is 0 Å². The van der Waals surface area contributed by atoms with Crippen LogP contribution in [0.3, 0.4) is 0 Å². The van der Waals surface area contributed by atoms with E-state index in [2.05, 4.69) is 0 Å². The molecule has 0 fully saturated rings. The fraction of sp³-hybridized carbons (Fsp3) is 0.500. The van der Waals surface area contributed by atoms with E-state index >= 15 is 0 Å². The van der Waals surface area contributed by atoms with Gasteiger partial charge >= 0.3 is 0 Å². The van der Waals surface area contributed by atoms with Crippen LogP contribution in [0.1, 0.15) is 19.4 Å². The van der Waals surface area contributed by atoms with Crippen molar-refractivity contribution in [1.29, 1.82) is 0 Å². The number of hydrogen-bond acceptors (Lipinski definition) is 4. The molecule has 1 aromatic carbocycles. The summed E-state index contributed by atoms with van der Waals surface area (Å²) in [6, 6.07) is 9.00. The van der Waals surface area contributed by atoms with Crippen LogP contribution in [0.5, 0.6) is 0 Å². The smallest absolute Gasteiger partial charge is 0.244 e. The Morgan fingerprint density at radius 2 is 2.00 bits per heavy atom. The van der Waals surface area contributed by atoms with Crippen molar-refractivity contribution in [2.75, 3.05) is 19.8 Å². The summed E-state index contributed by atoms with van der Waals surface area (Å²) in [6.45, 7) is 4.88. The maximum Gasteiger partial charge on any atom is 0.244 e. The Bertz CT molecular complexity index is 397. The number of benzene rings is 1. The van der Waals surface area contributed by atoms with Crippen molar-refractivity contribution in [2.24, 2.45) is 11.5 Å². The lowest BCUT2D eigenvalue weighted by atomic mass is 9.91. The summed E-state index contributed by atoms with van der Waals surface area (Å²) in [4.78, 5) is 11.6. The summed E-state index contributed by atoms with van der Waals surface area (Å²) in [7, 11) is 0. The van der Waals surface area contributed by atoms with Gasteiger partial charge in [-0.2, -0.15) is 0 Å². The first-order chi connectivity index (χ1) is 9.00. The summed E-state index contributed by atoms with van der Waals surface area (Å²) in [5.41, 5.74) is 10.8. The average Bonchev–Trinajstić information content (AvgIpc) is 2.43. The molecule has 106 valence electrons. The summed E-state index contributed by atoms with van der Waals surface area (Å²) < 4.78 is 10.8. The monoisotopic (exact) mass is 266 g/mol. The first-order valence-corrected chi connectivity index (χ1v) is 6.34. The molecule has 2 atom stereocenters. The van der Waals surface area contributed by atoms with E-state index in [-0.39, 0.29) is 12.7 Å². The van der Waals surface area contributed by atoms with Crippen molar-refractivity contribution in [1.82, 2.24) is 0 Å². The molecule has 0 spiro atoms. The first kappa shape index (κ1) is 15.6. The van der Waals surface area contributed by atoms with E-state index < -0.39 is 11.4 Å². The lowest BCUT2D eigenvalue weighted by molar-refractivity contribution is -0.127. The van der Waals surface area contributed by atoms with Crippen LogP contribution in [-0.2, 0) is 19.8 Å². The number of rotatable bonds is 8. The second-order valence-corrected chi connectivity index (χ2v) is 4.48. The molecular weight excluding hydrogens is 244 g/mol. The highest BCUT2D eigenvalue weighted by Gasteiger charge is 2.34. The number of carbonyl (C=O) groups is 1. The lowest BCUT2D eigenvalue weighted by Gasteiger charge is -2.27. The van der Waals surface area contributed by atoms with Crippen LogP contribution < -0.4 is 11.5 Å². The van der Waals surface area contributed by atoms with E-state index in [9.17, 15) is 4.79 Å². The van der Waals surface area contributed by atoms with Crippen LogP contribution in [0.2, 0.25) is 0 Å². The fourth-order valence-electron chi connectivity index (χ4n) is 1.64. The highest BCUT2D eigenvalue weighted by Crippen LogP contribution is 2.19. The van der Waals surface area contributed by atoms with Crippen LogP contribution in [0, 0.1) is 0 Å². The average molecular weight is 266 g/mol. The zero-order valence-electron chi connectivity index (χ0n) is 11.5. The Balaban J connectivity index is 2.71. The molecule has 0 radical (unpaired) electrons. The molecule has 0 aliphatic heterocycles. The highest BCUT2D eigenvalue weighted by molar-refractivity contribution is 5.86. The van der Waals surface area contributed by atoms with Crippen molar-refractivity contribution < 1.29 is 14.3 Å². The van der Waals surface area contributed by atoms with Crippen molar-refractivity contribution in [3.8, 4) is 0 Å². The second kappa shape index (κ2) is 7.23. The van der Waals surface area contributed by atoms with Crippen LogP contribution >= 0.6 is 0 Å². The van der Waals surface area contributed by atoms with Crippen LogP contribution in [0.4, 0.5) is 0 Å². The molecule has 1 aromatic rings. The zero-order chi connectivity index (χ0) is 14.3. The van der Waals surface area contributed by atoms with Gasteiger partial charge in [-0.1, -0.05) is 30.3 Å². The van der Waals surface area contributed by atoms with E-state index in [1.54, 1.807) is 12.1 Å². The topological polar surface area (TPSA) is 87.6 Å². The molecule has 0 aromatic heterocycles. The zero-order valence-corrected chi connectivity index (χ0v) is 11.5. The number of carbonyl (C=O) groups excluding carboxylic acids is 1. The Morgan fingerprint density at radius 3 is 2.53 bits per heavy atom. The van der Waals surface area contributed by atoms with Gasteiger partial charge in [-0.3, -0.25) is 4.79 Å². The van der Waals surface area contributed by atoms with Crippen LogP contribution in [0.25, 0.3) is 0 Å². The molecule has 0 saturated carbocycles. The molecule has 0 aliphatic rings. The molecule has 0 bridgehead atoms. The number of primary amides is 1. The number of ether oxygens (including phenoxy) is 2. The second-order valence-electron chi connectivity index (χ2n) is 4.48. The van der Waals surface area contributed by atoms with Gasteiger partial charge in [0, 0.05) is 6.61 Å². The molecule has 0 heterocycles. The van der Waals surface area contributed by atoms with E-state index in [0.29, 0.717) is 18.8 Å². The van der Waals surface area contributed by atoms with Gasteiger partial charge in [-0.05, 0) is 19.4 Å². The summed E-state index contributed by atoms with van der Waals surface area (Å²) in [6.07, 6.45) is -0.147. The predicted molar refractivity (Wildman–Crippen MR) is 73.4 cm³/mol. The third-order valence-corrected chi connectivity index (χ3v) is 2.88. The minimum absolute atomic E-state index is 0.0284. The molecule has 5 nitrogen and oxygen atoms in total. The maximum atomic E-state index is 11.6. The summed E-state index contributed by atoms with van der Waals surface area (Å²) in [5, 5.41) is 0. The third kappa shape index (κ3) is 4.31. The largest absolute Gasteiger partial charge is 0.379 e. The first-order valence-electron chi connectivity index (χ1n) is 6.34. The SMILES string of the molecule is CCOCC(C)OCC(N)(C(N)=O)c1ccccc1. The number of amides is 1. The number of nitrogens with two attached hydrogens (primary N) is 2. The molecule has 1 amide bonds. The van der Waals surface area contributed by atoms with Gasteiger partial charge < -0.3 is 20.9 Å². The summed E-state index contributed by atoms with van der Waals surface area (Å²) in [5.74, 6) is -0.609. The fourth-order valence-corrected chi connectivity index (χ4v) is 1.64. The molecule has 4 N–H and O–H groups in total. The minimum atomic E-state index is -1.32. The summed E-state index contributed by atoms with van der Waals surface area (Å²) >= 11 is 0. The van der Waals surface area contributed by atoms with Crippen molar-refractivity contribution in [2.45, 2.75) is 25.5 Å². The van der Waals surface area contributed by atoms with Crippen LogP contribution in [0.15, 0.2) is 30.3 Å². The van der Waals surface area contributed by atoms with Crippen LogP contribution in [-0.4, -0.2) is 31.8 Å². The molecule has 5 heteroatoms. The Hall–Kier alpha value is -1.43. The van der Waals surface area contributed by atoms with E-state index in [0.717, 1.165) is 0 Å². The Morgan fingerprint density at radius 1 is 1.37 bits per heavy atom. The predicted octanol–water partition coefficient (Wildman–Crippen LogP) is 0.768. The highest BCUT2D eigenvalue weighted by atomic mass is 16.5. The van der Waals surface area contributed by atoms with E-state index in [1.165, 1.54) is 0 Å². The number of hydrogen-bond donors (Lipinski definition) is 2. The lowest BCUT2D eigenvalue weighted by Crippen LogP contribution is -2.53. The van der Waals surface area contributed by atoms with Gasteiger partial charge in [0.05, 0.1) is 19.3 Å². The molecule has 19 heavy (non-hydrogen) atoms. The molecular formula is C14H22N2O3. The van der Waals surface area contributed by atoms with Crippen molar-refractivity contribution in [3.05, 3.63) is 35.9 Å². The molecule has 0 saturated heterocycles. The Labute approximate surface area is 113 Å². The molecule has 1 rings (SSSR count). The van der Waals surface area contributed by atoms with Gasteiger partial charge in [0.25, 0.3) is 0 Å². The Kier molecular flexibility index (Phi) is 5.95. The van der Waals surface area contributed by atoms with E-state index in [1.807, 2.05) is 32.0 Å².